The molecule has 0 aromatic carbocycles. The minimum atomic E-state index is -0.333. The molecule has 2 aliphatic rings. The van der Waals surface area contributed by atoms with Crippen LogP contribution in [0, 0.1) is 0 Å². The highest BCUT2D eigenvalue weighted by Gasteiger charge is 2.24. The van der Waals surface area contributed by atoms with Gasteiger partial charge in [0.15, 0.2) is 0 Å². The van der Waals surface area contributed by atoms with E-state index in [-0.39, 0.29) is 6.10 Å². The molecule has 1 saturated heterocycles. The molecule has 3 nitrogen and oxygen atoms in total. The molecular formula is C12H18N2OS. The van der Waals surface area contributed by atoms with E-state index in [2.05, 4.69) is 15.7 Å². The van der Waals surface area contributed by atoms with E-state index in [1.165, 1.54) is 30.0 Å². The highest BCUT2D eigenvalue weighted by molar-refractivity contribution is 7.99. The first kappa shape index (κ1) is 10.7. The van der Waals surface area contributed by atoms with Crippen LogP contribution in [0.3, 0.4) is 0 Å². The first-order chi connectivity index (χ1) is 7.84. The van der Waals surface area contributed by atoms with Crippen LogP contribution in [-0.4, -0.2) is 26.2 Å². The molecule has 1 fully saturated rings. The summed E-state index contributed by atoms with van der Waals surface area (Å²) in [4.78, 5) is 4.66. The second-order valence-electron chi connectivity index (χ2n) is 4.76. The van der Waals surface area contributed by atoms with Crippen LogP contribution in [0.15, 0.2) is 6.20 Å². The Morgan fingerprint density at radius 2 is 2.12 bits per heavy atom. The Hall–Kier alpha value is -0.480. The number of aliphatic hydroxyl groups excluding tert-OH is 1. The fourth-order valence-electron chi connectivity index (χ4n) is 2.67. The molecule has 0 radical (unpaired) electrons. The lowest BCUT2D eigenvalue weighted by molar-refractivity contribution is 0.133. The average molecular weight is 238 g/mol. The van der Waals surface area contributed by atoms with Gasteiger partial charge in [-0.1, -0.05) is 0 Å². The summed E-state index contributed by atoms with van der Waals surface area (Å²) in [6, 6.07) is 0. The lowest BCUT2D eigenvalue weighted by atomic mass is 10.00. The monoisotopic (exact) mass is 238 g/mol. The zero-order valence-corrected chi connectivity index (χ0v) is 10.2. The van der Waals surface area contributed by atoms with Gasteiger partial charge in [-0.2, -0.15) is 11.8 Å². The number of hydrogen-bond donors (Lipinski definition) is 1. The van der Waals surface area contributed by atoms with E-state index in [4.69, 9.17) is 0 Å². The summed E-state index contributed by atoms with van der Waals surface area (Å²) in [6.45, 7) is 1.03. The smallest absolute Gasteiger partial charge is 0.137 e. The molecule has 1 N–H and O–H groups in total. The normalized spacial score (nSPS) is 26.7. The van der Waals surface area contributed by atoms with E-state index >= 15 is 0 Å². The van der Waals surface area contributed by atoms with Gasteiger partial charge >= 0.3 is 0 Å². The van der Waals surface area contributed by atoms with Crippen molar-refractivity contribution >= 4 is 11.8 Å². The van der Waals surface area contributed by atoms with E-state index in [1.54, 1.807) is 0 Å². The molecule has 88 valence electrons. The molecule has 1 unspecified atom stereocenters. The number of aliphatic hydroxyl groups is 1. The topological polar surface area (TPSA) is 38.0 Å². The van der Waals surface area contributed by atoms with Crippen LogP contribution < -0.4 is 0 Å². The highest BCUT2D eigenvalue weighted by Crippen LogP contribution is 2.33. The Bertz CT molecular complexity index is 371. The number of nitrogens with zero attached hydrogens (tertiary/aromatic N) is 2. The van der Waals surface area contributed by atoms with E-state index in [0.29, 0.717) is 5.92 Å². The molecule has 1 aromatic heterocycles. The maximum Gasteiger partial charge on any atom is 0.137 e. The lowest BCUT2D eigenvalue weighted by Crippen LogP contribution is -2.14. The fourth-order valence-corrected chi connectivity index (χ4v) is 3.78. The molecule has 1 aromatic rings. The van der Waals surface area contributed by atoms with Crippen LogP contribution in [0.2, 0.25) is 0 Å². The molecule has 0 saturated carbocycles. The molecule has 0 aliphatic carbocycles. The molecule has 0 spiro atoms. The molecule has 1 atom stereocenters. The van der Waals surface area contributed by atoms with Gasteiger partial charge < -0.3 is 9.67 Å². The Morgan fingerprint density at radius 1 is 1.31 bits per heavy atom. The Kier molecular flexibility index (Phi) is 2.94. The maximum absolute atomic E-state index is 9.89. The molecule has 2 aliphatic heterocycles. The predicted octanol–water partition coefficient (Wildman–Crippen LogP) is 2.32. The number of aromatic nitrogens is 2. The minimum absolute atomic E-state index is 0.333. The van der Waals surface area contributed by atoms with Crippen molar-refractivity contribution in [1.29, 1.82) is 0 Å². The van der Waals surface area contributed by atoms with Crippen molar-refractivity contribution in [2.75, 3.05) is 11.5 Å². The Labute approximate surface area is 100 Å². The van der Waals surface area contributed by atoms with Crippen LogP contribution in [0.1, 0.15) is 49.2 Å². The van der Waals surface area contributed by atoms with Crippen LogP contribution in [0.4, 0.5) is 0 Å². The van der Waals surface area contributed by atoms with Crippen molar-refractivity contribution in [3.8, 4) is 0 Å². The van der Waals surface area contributed by atoms with Gasteiger partial charge in [-0.15, -0.1) is 0 Å². The number of thioether (sulfide) groups is 1. The van der Waals surface area contributed by atoms with Gasteiger partial charge in [0.05, 0.1) is 5.69 Å². The number of imidazole rings is 1. The third kappa shape index (κ3) is 1.89. The van der Waals surface area contributed by atoms with Gasteiger partial charge in [0.25, 0.3) is 0 Å². The summed E-state index contributed by atoms with van der Waals surface area (Å²) in [5.74, 6) is 4.05. The van der Waals surface area contributed by atoms with Crippen LogP contribution in [0.5, 0.6) is 0 Å². The molecule has 0 bridgehead atoms. The summed E-state index contributed by atoms with van der Waals surface area (Å²) in [5.41, 5.74) is 1.22. The van der Waals surface area contributed by atoms with Crippen LogP contribution in [0.25, 0.3) is 0 Å². The van der Waals surface area contributed by atoms with Crippen molar-refractivity contribution < 1.29 is 5.11 Å². The van der Waals surface area contributed by atoms with Gasteiger partial charge in [0, 0.05) is 18.7 Å². The second kappa shape index (κ2) is 4.41. The van der Waals surface area contributed by atoms with Gasteiger partial charge in [0.1, 0.15) is 11.9 Å². The standard InChI is InChI=1S/C12H18N2OS/c15-11-2-1-5-14-8-10(13-12(11)14)9-3-6-16-7-4-9/h8-9,11,15H,1-7H2. The molecule has 16 heavy (non-hydrogen) atoms. The summed E-state index contributed by atoms with van der Waals surface area (Å²) in [7, 11) is 0. The zero-order chi connectivity index (χ0) is 11.0. The van der Waals surface area contributed by atoms with E-state index in [9.17, 15) is 5.11 Å². The van der Waals surface area contributed by atoms with E-state index in [1.807, 2.05) is 11.8 Å². The SMILES string of the molecule is OC1CCCn2cc(C3CCSCC3)nc21. The Balaban J connectivity index is 1.85. The van der Waals surface area contributed by atoms with Gasteiger partial charge in [-0.3, -0.25) is 0 Å². The number of fused-ring (bicyclic) bond motifs is 1. The third-order valence-corrected chi connectivity index (χ3v) is 4.69. The van der Waals surface area contributed by atoms with Gasteiger partial charge in [0.2, 0.25) is 0 Å². The molecule has 4 heteroatoms. The van der Waals surface area contributed by atoms with Crippen molar-refractivity contribution in [3.05, 3.63) is 17.7 Å². The summed E-state index contributed by atoms with van der Waals surface area (Å²) in [5, 5.41) is 9.89. The minimum Gasteiger partial charge on any atom is -0.385 e. The number of aryl methyl sites for hydroxylation is 1. The maximum atomic E-state index is 9.89. The molecule has 0 amide bonds. The molecule has 3 heterocycles. The van der Waals surface area contributed by atoms with E-state index in [0.717, 1.165) is 25.2 Å². The largest absolute Gasteiger partial charge is 0.385 e. The van der Waals surface area contributed by atoms with Crippen LogP contribution >= 0.6 is 11.8 Å². The van der Waals surface area contributed by atoms with Crippen molar-refractivity contribution in [2.45, 2.75) is 44.2 Å². The summed E-state index contributed by atoms with van der Waals surface area (Å²) < 4.78 is 2.16. The summed E-state index contributed by atoms with van der Waals surface area (Å²) in [6.07, 6.45) is 6.29. The highest BCUT2D eigenvalue weighted by atomic mass is 32.2. The predicted molar refractivity (Wildman–Crippen MR) is 65.7 cm³/mol. The summed E-state index contributed by atoms with van der Waals surface area (Å²) >= 11 is 2.04. The first-order valence-electron chi connectivity index (χ1n) is 6.17. The first-order valence-corrected chi connectivity index (χ1v) is 7.33. The van der Waals surface area contributed by atoms with Crippen molar-refractivity contribution in [1.82, 2.24) is 9.55 Å². The molecular weight excluding hydrogens is 220 g/mol. The quantitative estimate of drug-likeness (QED) is 0.816. The number of rotatable bonds is 1. The van der Waals surface area contributed by atoms with Gasteiger partial charge in [-0.25, -0.2) is 4.98 Å². The van der Waals surface area contributed by atoms with Crippen molar-refractivity contribution in [2.24, 2.45) is 0 Å². The second-order valence-corrected chi connectivity index (χ2v) is 5.99. The Morgan fingerprint density at radius 3 is 2.88 bits per heavy atom. The zero-order valence-electron chi connectivity index (χ0n) is 9.43. The van der Waals surface area contributed by atoms with Crippen LogP contribution in [-0.2, 0) is 6.54 Å². The van der Waals surface area contributed by atoms with Gasteiger partial charge in [-0.05, 0) is 37.2 Å². The number of hydrogen-bond acceptors (Lipinski definition) is 3. The van der Waals surface area contributed by atoms with E-state index < -0.39 is 0 Å². The average Bonchev–Trinajstić information content (AvgIpc) is 2.76. The third-order valence-electron chi connectivity index (χ3n) is 3.64. The molecule has 3 rings (SSSR count). The lowest BCUT2D eigenvalue weighted by Gasteiger charge is -2.19. The van der Waals surface area contributed by atoms with Crippen molar-refractivity contribution in [3.63, 3.8) is 0 Å². The fraction of sp³-hybridized carbons (Fsp3) is 0.750.